The quantitative estimate of drug-likeness (QED) is 0.870. The highest BCUT2D eigenvalue weighted by Crippen LogP contribution is 2.12. The minimum absolute atomic E-state index is 0.210. The van der Waals surface area contributed by atoms with Gasteiger partial charge in [-0.1, -0.05) is 18.2 Å². The van der Waals surface area contributed by atoms with E-state index in [1.165, 1.54) is 0 Å². The first-order chi connectivity index (χ1) is 8.69. The second-order valence-corrected chi connectivity index (χ2v) is 4.02. The third-order valence-corrected chi connectivity index (χ3v) is 2.53. The molecule has 18 heavy (non-hydrogen) atoms. The zero-order valence-electron chi connectivity index (χ0n) is 9.97. The van der Waals surface area contributed by atoms with Crippen molar-refractivity contribution in [3.05, 3.63) is 65.2 Å². The molecule has 3 nitrogen and oxygen atoms in total. The van der Waals surface area contributed by atoms with E-state index in [1.807, 2.05) is 37.3 Å². The van der Waals surface area contributed by atoms with Gasteiger partial charge in [0.1, 0.15) is 0 Å². The van der Waals surface area contributed by atoms with Crippen LogP contribution in [0.2, 0.25) is 0 Å². The van der Waals surface area contributed by atoms with Gasteiger partial charge in [-0.25, -0.2) is 0 Å². The van der Waals surface area contributed by atoms with Gasteiger partial charge in [-0.15, -0.1) is 0 Å². The molecule has 0 aromatic heterocycles. The minimum atomic E-state index is -0.210. The highest BCUT2D eigenvalue weighted by atomic mass is 16.1. The number of aryl methyl sites for hydroxylation is 1. The first-order valence-corrected chi connectivity index (χ1v) is 5.57. The van der Waals surface area contributed by atoms with Crippen molar-refractivity contribution >= 4 is 11.6 Å². The fraction of sp³-hybridized carbons (Fsp3) is 0.0667. The third kappa shape index (κ3) is 2.74. The summed E-state index contributed by atoms with van der Waals surface area (Å²) in [5.41, 5.74) is 2.79. The van der Waals surface area contributed by atoms with Gasteiger partial charge in [0.05, 0.1) is 11.6 Å². The molecule has 0 aliphatic heterocycles. The van der Waals surface area contributed by atoms with Crippen LogP contribution in [-0.4, -0.2) is 5.91 Å². The molecule has 0 atom stereocenters. The normalized spacial score (nSPS) is 9.56. The lowest BCUT2D eigenvalue weighted by atomic mass is 10.1. The Morgan fingerprint density at radius 2 is 1.94 bits per heavy atom. The molecule has 2 aromatic carbocycles. The number of hydrogen-bond acceptors (Lipinski definition) is 2. The predicted octanol–water partition coefficient (Wildman–Crippen LogP) is 3.12. The molecular weight excluding hydrogens is 224 g/mol. The van der Waals surface area contributed by atoms with Crippen LogP contribution in [0.1, 0.15) is 21.5 Å². The van der Waals surface area contributed by atoms with E-state index in [-0.39, 0.29) is 5.91 Å². The summed E-state index contributed by atoms with van der Waals surface area (Å²) in [5, 5.41) is 11.6. The van der Waals surface area contributed by atoms with Gasteiger partial charge in [-0.3, -0.25) is 4.79 Å². The number of rotatable bonds is 2. The summed E-state index contributed by atoms with van der Waals surface area (Å²) in [4.78, 5) is 12.0. The van der Waals surface area contributed by atoms with Gasteiger partial charge >= 0.3 is 0 Å². The Bertz CT molecular complexity index is 626. The summed E-state index contributed by atoms with van der Waals surface area (Å²) in [6.07, 6.45) is 0. The minimum Gasteiger partial charge on any atom is -0.322 e. The summed E-state index contributed by atoms with van der Waals surface area (Å²) >= 11 is 0. The fourth-order valence-electron chi connectivity index (χ4n) is 1.66. The lowest BCUT2D eigenvalue weighted by molar-refractivity contribution is 0.102. The van der Waals surface area contributed by atoms with Gasteiger partial charge in [-0.2, -0.15) is 5.26 Å². The molecule has 2 aromatic rings. The Kier molecular flexibility index (Phi) is 3.40. The van der Waals surface area contributed by atoms with Crippen LogP contribution in [0.25, 0.3) is 0 Å². The standard InChI is InChI=1S/C15H12N2O/c1-11-4-2-7-14(8-11)17-15(18)13-6-3-5-12(9-13)10-16/h2-9H,1H3,(H,17,18). The van der Waals surface area contributed by atoms with Crippen LogP contribution in [0.4, 0.5) is 5.69 Å². The van der Waals surface area contributed by atoms with Crippen LogP contribution in [0.15, 0.2) is 48.5 Å². The van der Waals surface area contributed by atoms with Gasteiger partial charge in [0.15, 0.2) is 0 Å². The zero-order chi connectivity index (χ0) is 13.0. The molecule has 0 fully saturated rings. The maximum Gasteiger partial charge on any atom is 0.255 e. The Morgan fingerprint density at radius 1 is 1.17 bits per heavy atom. The highest BCUT2D eigenvalue weighted by molar-refractivity contribution is 6.04. The molecule has 1 N–H and O–H groups in total. The van der Waals surface area contributed by atoms with Crippen molar-refractivity contribution in [1.29, 1.82) is 5.26 Å². The van der Waals surface area contributed by atoms with Gasteiger partial charge < -0.3 is 5.32 Å². The smallest absolute Gasteiger partial charge is 0.255 e. The predicted molar refractivity (Wildman–Crippen MR) is 70.3 cm³/mol. The summed E-state index contributed by atoms with van der Waals surface area (Å²) in [7, 11) is 0. The molecule has 3 heteroatoms. The third-order valence-electron chi connectivity index (χ3n) is 2.53. The second kappa shape index (κ2) is 5.15. The Morgan fingerprint density at radius 3 is 2.67 bits per heavy atom. The molecule has 0 unspecified atom stereocenters. The summed E-state index contributed by atoms with van der Waals surface area (Å²) < 4.78 is 0. The molecule has 0 saturated carbocycles. The topological polar surface area (TPSA) is 52.9 Å². The van der Waals surface area contributed by atoms with Crippen molar-refractivity contribution in [3.63, 3.8) is 0 Å². The molecular formula is C15H12N2O. The summed E-state index contributed by atoms with van der Waals surface area (Å²) in [5.74, 6) is -0.210. The van der Waals surface area contributed by atoms with E-state index in [4.69, 9.17) is 5.26 Å². The van der Waals surface area contributed by atoms with Crippen LogP contribution in [0, 0.1) is 18.3 Å². The number of hydrogen-bond donors (Lipinski definition) is 1. The van der Waals surface area contributed by atoms with Gasteiger partial charge in [0, 0.05) is 11.3 Å². The van der Waals surface area contributed by atoms with E-state index < -0.39 is 0 Å². The van der Waals surface area contributed by atoms with E-state index >= 15 is 0 Å². The lowest BCUT2D eigenvalue weighted by Gasteiger charge is -2.06. The van der Waals surface area contributed by atoms with E-state index in [0.717, 1.165) is 11.3 Å². The summed E-state index contributed by atoms with van der Waals surface area (Å²) in [6.45, 7) is 1.96. The van der Waals surface area contributed by atoms with Gasteiger partial charge in [-0.05, 0) is 42.8 Å². The van der Waals surface area contributed by atoms with Crippen LogP contribution in [0.5, 0.6) is 0 Å². The van der Waals surface area contributed by atoms with Crippen molar-refractivity contribution in [3.8, 4) is 6.07 Å². The van der Waals surface area contributed by atoms with Crippen LogP contribution >= 0.6 is 0 Å². The Hall–Kier alpha value is -2.60. The first kappa shape index (κ1) is 11.9. The average molecular weight is 236 g/mol. The van der Waals surface area contributed by atoms with Gasteiger partial charge in [0.25, 0.3) is 5.91 Å². The average Bonchev–Trinajstić information content (AvgIpc) is 2.39. The van der Waals surface area contributed by atoms with Crippen LogP contribution in [-0.2, 0) is 0 Å². The Balaban J connectivity index is 2.20. The molecule has 0 bridgehead atoms. The molecule has 0 aliphatic carbocycles. The molecule has 0 spiro atoms. The monoisotopic (exact) mass is 236 g/mol. The van der Waals surface area contributed by atoms with Crippen LogP contribution in [0.3, 0.4) is 0 Å². The molecule has 0 saturated heterocycles. The van der Waals surface area contributed by atoms with E-state index in [2.05, 4.69) is 5.32 Å². The van der Waals surface area contributed by atoms with Crippen molar-refractivity contribution in [2.75, 3.05) is 5.32 Å². The van der Waals surface area contributed by atoms with Gasteiger partial charge in [0.2, 0.25) is 0 Å². The number of carbonyl (C=O) groups is 1. The van der Waals surface area contributed by atoms with Crippen LogP contribution < -0.4 is 5.32 Å². The maximum absolute atomic E-state index is 12.0. The number of nitrogens with one attached hydrogen (secondary N) is 1. The molecule has 2 rings (SSSR count). The van der Waals surface area contributed by atoms with E-state index in [1.54, 1.807) is 24.3 Å². The highest BCUT2D eigenvalue weighted by Gasteiger charge is 2.06. The fourth-order valence-corrected chi connectivity index (χ4v) is 1.66. The van der Waals surface area contributed by atoms with E-state index in [9.17, 15) is 4.79 Å². The SMILES string of the molecule is Cc1cccc(NC(=O)c2cccc(C#N)c2)c1. The number of amides is 1. The number of nitrogens with zero attached hydrogens (tertiary/aromatic N) is 1. The lowest BCUT2D eigenvalue weighted by Crippen LogP contribution is -2.11. The molecule has 1 amide bonds. The largest absolute Gasteiger partial charge is 0.322 e. The molecule has 0 heterocycles. The van der Waals surface area contributed by atoms with E-state index in [0.29, 0.717) is 11.1 Å². The molecule has 0 radical (unpaired) electrons. The zero-order valence-corrected chi connectivity index (χ0v) is 9.97. The number of carbonyl (C=O) groups excluding carboxylic acids is 1. The number of nitriles is 1. The van der Waals surface area contributed by atoms with Crippen molar-refractivity contribution in [1.82, 2.24) is 0 Å². The second-order valence-electron chi connectivity index (χ2n) is 4.02. The Labute approximate surface area is 106 Å². The van der Waals surface area contributed by atoms with Crippen molar-refractivity contribution < 1.29 is 4.79 Å². The molecule has 88 valence electrons. The maximum atomic E-state index is 12.0. The first-order valence-electron chi connectivity index (χ1n) is 5.57. The number of benzene rings is 2. The van der Waals surface area contributed by atoms with Crippen molar-refractivity contribution in [2.45, 2.75) is 6.92 Å². The summed E-state index contributed by atoms with van der Waals surface area (Å²) in [6, 6.07) is 16.2. The van der Waals surface area contributed by atoms with Crippen molar-refractivity contribution in [2.24, 2.45) is 0 Å². The molecule has 0 aliphatic rings. The number of anilines is 1.